The molecule has 0 saturated heterocycles. The predicted molar refractivity (Wildman–Crippen MR) is 60.6 cm³/mol. The summed E-state index contributed by atoms with van der Waals surface area (Å²) in [6.45, 7) is -0.257. The molecule has 0 aromatic heterocycles. The van der Waals surface area contributed by atoms with E-state index in [9.17, 15) is 22.8 Å². The van der Waals surface area contributed by atoms with Crippen LogP contribution in [0.15, 0.2) is 18.2 Å². The molecule has 0 saturated carbocycles. The number of carbonyl (C=O) groups is 2. The third kappa shape index (κ3) is 4.11. The quantitative estimate of drug-likeness (QED) is 0.329. The molecule has 104 valence electrons. The average Bonchev–Trinajstić information content (AvgIpc) is 2.35. The van der Waals surface area contributed by atoms with Crippen molar-refractivity contribution in [1.29, 1.82) is 0 Å². The molecule has 19 heavy (non-hydrogen) atoms. The lowest BCUT2D eigenvalue weighted by molar-refractivity contribution is -0.139. The second kappa shape index (κ2) is 5.89. The maximum atomic E-state index is 12.6. The summed E-state index contributed by atoms with van der Waals surface area (Å²) in [6.07, 6.45) is -4.59. The van der Waals surface area contributed by atoms with Crippen LogP contribution >= 0.6 is 11.6 Å². The molecule has 0 aliphatic carbocycles. The van der Waals surface area contributed by atoms with Crippen molar-refractivity contribution in [2.24, 2.45) is 5.84 Å². The molecule has 0 heterocycles. The first-order chi connectivity index (χ1) is 8.75. The minimum atomic E-state index is -4.59. The number of hydrogen-bond donors (Lipinski definition) is 3. The van der Waals surface area contributed by atoms with E-state index in [1.165, 1.54) is 6.07 Å². The zero-order chi connectivity index (χ0) is 14.6. The number of nitrogens with one attached hydrogen (secondary N) is 2. The van der Waals surface area contributed by atoms with Gasteiger partial charge < -0.3 is 5.32 Å². The third-order valence-electron chi connectivity index (χ3n) is 2.13. The first kappa shape index (κ1) is 15.3. The molecule has 4 N–H and O–H groups in total. The fourth-order valence-electron chi connectivity index (χ4n) is 1.23. The standard InChI is InChI=1S/C10H9ClF3N3O2/c11-7-2-1-5(3-6(7)10(12,13)14)4-16-8(18)9(19)17-15/h1-3H,4,15H2,(H,16,18)(H,17,19). The molecular weight excluding hydrogens is 287 g/mol. The van der Waals surface area contributed by atoms with E-state index in [-0.39, 0.29) is 12.1 Å². The van der Waals surface area contributed by atoms with E-state index in [0.717, 1.165) is 12.1 Å². The van der Waals surface area contributed by atoms with Crippen molar-refractivity contribution in [3.8, 4) is 0 Å². The summed E-state index contributed by atoms with van der Waals surface area (Å²) in [6, 6.07) is 3.16. The van der Waals surface area contributed by atoms with Gasteiger partial charge in [0.1, 0.15) is 0 Å². The Hall–Kier alpha value is -1.80. The Morgan fingerprint density at radius 1 is 1.26 bits per heavy atom. The van der Waals surface area contributed by atoms with Gasteiger partial charge >= 0.3 is 18.0 Å². The molecule has 5 nitrogen and oxygen atoms in total. The second-order valence-corrected chi connectivity index (χ2v) is 3.88. The zero-order valence-corrected chi connectivity index (χ0v) is 10.1. The zero-order valence-electron chi connectivity index (χ0n) is 9.34. The molecule has 1 aromatic rings. The third-order valence-corrected chi connectivity index (χ3v) is 2.46. The van der Waals surface area contributed by atoms with Crippen molar-refractivity contribution in [3.63, 3.8) is 0 Å². The summed E-state index contributed by atoms with van der Waals surface area (Å²) >= 11 is 5.43. The summed E-state index contributed by atoms with van der Waals surface area (Å²) in [5.74, 6) is 2.57. The molecule has 0 spiro atoms. The fourth-order valence-corrected chi connectivity index (χ4v) is 1.45. The number of benzene rings is 1. The smallest absolute Gasteiger partial charge is 0.344 e. The van der Waals surface area contributed by atoms with Gasteiger partial charge in [0.05, 0.1) is 10.6 Å². The molecule has 1 aromatic carbocycles. The number of alkyl halides is 3. The molecular formula is C10H9ClF3N3O2. The molecule has 0 atom stereocenters. The van der Waals surface area contributed by atoms with E-state index in [4.69, 9.17) is 17.4 Å². The number of halogens is 4. The average molecular weight is 296 g/mol. The van der Waals surface area contributed by atoms with Crippen molar-refractivity contribution in [1.82, 2.24) is 10.7 Å². The van der Waals surface area contributed by atoms with E-state index in [1.807, 2.05) is 0 Å². The Balaban J connectivity index is 2.81. The molecule has 0 aliphatic rings. The molecule has 0 radical (unpaired) electrons. The lowest BCUT2D eigenvalue weighted by Gasteiger charge is -2.11. The van der Waals surface area contributed by atoms with Crippen LogP contribution in [0.4, 0.5) is 13.2 Å². The van der Waals surface area contributed by atoms with Gasteiger partial charge in [0, 0.05) is 6.54 Å². The van der Waals surface area contributed by atoms with Crippen LogP contribution in [-0.4, -0.2) is 11.8 Å². The van der Waals surface area contributed by atoms with Gasteiger partial charge in [-0.1, -0.05) is 17.7 Å². The van der Waals surface area contributed by atoms with Gasteiger partial charge in [0.25, 0.3) is 0 Å². The highest BCUT2D eigenvalue weighted by molar-refractivity contribution is 6.34. The number of amides is 2. The molecule has 0 fully saturated rings. The number of carbonyl (C=O) groups excluding carboxylic acids is 2. The Bertz CT molecular complexity index is 505. The predicted octanol–water partition coefficient (Wildman–Crippen LogP) is 0.965. The van der Waals surface area contributed by atoms with E-state index in [0.29, 0.717) is 0 Å². The van der Waals surface area contributed by atoms with Gasteiger partial charge in [-0.3, -0.25) is 15.0 Å². The number of rotatable bonds is 2. The van der Waals surface area contributed by atoms with E-state index in [1.54, 1.807) is 5.43 Å². The van der Waals surface area contributed by atoms with E-state index in [2.05, 4.69) is 5.32 Å². The van der Waals surface area contributed by atoms with Crippen LogP contribution < -0.4 is 16.6 Å². The van der Waals surface area contributed by atoms with E-state index < -0.39 is 28.6 Å². The van der Waals surface area contributed by atoms with Crippen LogP contribution in [0.1, 0.15) is 11.1 Å². The van der Waals surface area contributed by atoms with Gasteiger partial charge in [-0.25, -0.2) is 5.84 Å². The highest BCUT2D eigenvalue weighted by Crippen LogP contribution is 2.35. The van der Waals surface area contributed by atoms with E-state index >= 15 is 0 Å². The lowest BCUT2D eigenvalue weighted by Crippen LogP contribution is -2.42. The summed E-state index contributed by atoms with van der Waals surface area (Å²) in [5.41, 5.74) is 0.732. The van der Waals surface area contributed by atoms with Gasteiger partial charge in [-0.05, 0) is 17.7 Å². The van der Waals surface area contributed by atoms with Crippen molar-refractivity contribution >= 4 is 23.4 Å². The van der Waals surface area contributed by atoms with Crippen LogP contribution in [0.5, 0.6) is 0 Å². The topological polar surface area (TPSA) is 84.2 Å². The van der Waals surface area contributed by atoms with Crippen LogP contribution in [-0.2, 0) is 22.3 Å². The van der Waals surface area contributed by atoms with Gasteiger partial charge in [-0.15, -0.1) is 0 Å². The van der Waals surface area contributed by atoms with Gasteiger partial charge in [0.2, 0.25) is 0 Å². The van der Waals surface area contributed by atoms with Gasteiger partial charge in [-0.2, -0.15) is 13.2 Å². The Morgan fingerprint density at radius 2 is 1.89 bits per heavy atom. The number of hydrogen-bond acceptors (Lipinski definition) is 3. The highest BCUT2D eigenvalue weighted by atomic mass is 35.5. The van der Waals surface area contributed by atoms with Crippen molar-refractivity contribution in [3.05, 3.63) is 34.3 Å². The summed E-state index contributed by atoms with van der Waals surface area (Å²) < 4.78 is 37.7. The van der Waals surface area contributed by atoms with Crippen molar-refractivity contribution < 1.29 is 22.8 Å². The minimum absolute atomic E-state index is 0.148. The van der Waals surface area contributed by atoms with Gasteiger partial charge in [0.15, 0.2) is 0 Å². The van der Waals surface area contributed by atoms with Crippen LogP contribution in [0.3, 0.4) is 0 Å². The molecule has 2 amide bonds. The highest BCUT2D eigenvalue weighted by Gasteiger charge is 2.33. The monoisotopic (exact) mass is 295 g/mol. The Kier molecular flexibility index (Phi) is 4.73. The molecule has 9 heteroatoms. The number of nitrogens with two attached hydrogens (primary N) is 1. The Morgan fingerprint density at radius 3 is 2.42 bits per heavy atom. The summed E-state index contributed by atoms with van der Waals surface area (Å²) in [5, 5.41) is 1.66. The maximum Gasteiger partial charge on any atom is 0.417 e. The first-order valence-corrected chi connectivity index (χ1v) is 5.28. The molecule has 0 bridgehead atoms. The maximum absolute atomic E-state index is 12.6. The normalized spacial score (nSPS) is 11.0. The van der Waals surface area contributed by atoms with Crippen LogP contribution in [0.25, 0.3) is 0 Å². The summed E-state index contributed by atoms with van der Waals surface area (Å²) in [4.78, 5) is 21.8. The fraction of sp³-hybridized carbons (Fsp3) is 0.200. The van der Waals surface area contributed by atoms with Crippen LogP contribution in [0, 0.1) is 0 Å². The minimum Gasteiger partial charge on any atom is -0.344 e. The second-order valence-electron chi connectivity index (χ2n) is 3.47. The first-order valence-electron chi connectivity index (χ1n) is 4.90. The Labute approximate surface area is 110 Å². The lowest BCUT2D eigenvalue weighted by atomic mass is 10.1. The SMILES string of the molecule is NNC(=O)C(=O)NCc1ccc(Cl)c(C(F)(F)F)c1. The molecule has 1 rings (SSSR count). The summed E-state index contributed by atoms with van der Waals surface area (Å²) in [7, 11) is 0. The van der Waals surface area contributed by atoms with Crippen molar-refractivity contribution in [2.75, 3.05) is 0 Å². The molecule has 0 aliphatic heterocycles. The largest absolute Gasteiger partial charge is 0.417 e. The number of hydrazine groups is 1. The van der Waals surface area contributed by atoms with Crippen LogP contribution in [0.2, 0.25) is 5.02 Å². The molecule has 0 unspecified atom stereocenters. The van der Waals surface area contributed by atoms with Crippen molar-refractivity contribution in [2.45, 2.75) is 12.7 Å².